The number of hydrogen-bond donors (Lipinski definition) is 1. The number of benzene rings is 1. The van der Waals surface area contributed by atoms with E-state index in [-0.39, 0.29) is 11.2 Å². The molecule has 0 aliphatic heterocycles. The molecule has 4 rings (SSSR count). The van der Waals surface area contributed by atoms with Crippen LogP contribution in [0.4, 0.5) is 0 Å². The molecule has 1 fully saturated rings. The van der Waals surface area contributed by atoms with E-state index in [0.717, 1.165) is 28.1 Å². The Morgan fingerprint density at radius 3 is 2.83 bits per heavy atom. The summed E-state index contributed by atoms with van der Waals surface area (Å²) in [5, 5.41) is 4.79. The maximum Gasteiger partial charge on any atom is 0.233 e. The molecule has 1 N–H and O–H groups in total. The summed E-state index contributed by atoms with van der Waals surface area (Å²) in [5.41, 5.74) is 1.18. The molecule has 1 aromatic carbocycles. The minimum Gasteiger partial charge on any atom is -0.352 e. The Morgan fingerprint density at radius 1 is 1.29 bits per heavy atom. The topological polar surface area (TPSA) is 54.9 Å². The lowest BCUT2D eigenvalue weighted by Gasteiger charge is -2.11. The van der Waals surface area contributed by atoms with Crippen LogP contribution in [0.25, 0.3) is 20.7 Å². The number of thiophene rings is 1. The van der Waals surface area contributed by atoms with Gasteiger partial charge in [0, 0.05) is 16.3 Å². The molecule has 3 aromatic rings. The van der Waals surface area contributed by atoms with Crippen LogP contribution < -0.4 is 5.32 Å². The Hall–Kier alpha value is -1.92. The van der Waals surface area contributed by atoms with Crippen molar-refractivity contribution in [2.75, 3.05) is 0 Å². The first-order valence-corrected chi connectivity index (χ1v) is 9.67. The number of carbonyl (C=O) groups is 1. The molecule has 0 bridgehead atoms. The van der Waals surface area contributed by atoms with Crippen LogP contribution >= 0.6 is 23.1 Å². The van der Waals surface area contributed by atoms with Crippen LogP contribution in [-0.4, -0.2) is 27.2 Å². The van der Waals surface area contributed by atoms with Gasteiger partial charge in [-0.15, -0.1) is 11.3 Å². The van der Waals surface area contributed by atoms with Crippen molar-refractivity contribution in [2.24, 2.45) is 0 Å². The quantitative estimate of drug-likeness (QED) is 0.552. The summed E-state index contributed by atoms with van der Waals surface area (Å²) >= 11 is 3.16. The van der Waals surface area contributed by atoms with Gasteiger partial charge in [0.2, 0.25) is 5.91 Å². The second kappa shape index (κ2) is 6.53. The SMILES string of the molecule is C[C@@H](Sc1ncnc2sc(-c3ccccc3)cc12)C(=O)NC1CC1. The van der Waals surface area contributed by atoms with E-state index in [1.807, 2.05) is 25.1 Å². The maximum atomic E-state index is 12.2. The summed E-state index contributed by atoms with van der Waals surface area (Å²) in [5.74, 6) is 0.0905. The van der Waals surface area contributed by atoms with Gasteiger partial charge in [-0.3, -0.25) is 4.79 Å². The number of rotatable bonds is 5. The number of fused-ring (bicyclic) bond motifs is 1. The van der Waals surface area contributed by atoms with Crippen molar-refractivity contribution in [3.8, 4) is 10.4 Å². The number of carbonyl (C=O) groups excluding carboxylic acids is 1. The highest BCUT2D eigenvalue weighted by atomic mass is 32.2. The first kappa shape index (κ1) is 15.6. The first-order chi connectivity index (χ1) is 11.7. The summed E-state index contributed by atoms with van der Waals surface area (Å²) in [6, 6.07) is 12.8. The van der Waals surface area contributed by atoms with Crippen molar-refractivity contribution in [1.82, 2.24) is 15.3 Å². The van der Waals surface area contributed by atoms with E-state index in [0.29, 0.717) is 6.04 Å². The third-order valence-corrected chi connectivity index (χ3v) is 6.14. The van der Waals surface area contributed by atoms with Crippen LogP contribution in [0.2, 0.25) is 0 Å². The average Bonchev–Trinajstić information content (AvgIpc) is 3.30. The number of nitrogens with zero attached hydrogens (tertiary/aromatic N) is 2. The number of hydrogen-bond acceptors (Lipinski definition) is 5. The van der Waals surface area contributed by atoms with Gasteiger partial charge in [0.25, 0.3) is 0 Å². The standard InChI is InChI=1S/C18H17N3OS2/c1-11(16(22)21-13-7-8-13)23-17-14-9-15(12-5-3-2-4-6-12)24-18(14)20-10-19-17/h2-6,9-11,13H,7-8H2,1H3,(H,21,22)/t11-/m1/s1. The summed E-state index contributed by atoms with van der Waals surface area (Å²) in [4.78, 5) is 23.1. The monoisotopic (exact) mass is 355 g/mol. The fourth-order valence-electron chi connectivity index (χ4n) is 2.44. The highest BCUT2D eigenvalue weighted by molar-refractivity contribution is 8.00. The van der Waals surface area contributed by atoms with Crippen molar-refractivity contribution in [3.05, 3.63) is 42.7 Å². The van der Waals surface area contributed by atoms with Crippen LogP contribution in [0.3, 0.4) is 0 Å². The fourth-order valence-corrected chi connectivity index (χ4v) is 4.41. The number of nitrogens with one attached hydrogen (secondary N) is 1. The summed E-state index contributed by atoms with van der Waals surface area (Å²) in [6.07, 6.45) is 3.79. The van der Waals surface area contributed by atoms with Gasteiger partial charge in [-0.1, -0.05) is 42.1 Å². The molecule has 1 amide bonds. The van der Waals surface area contributed by atoms with E-state index in [2.05, 4.69) is 33.5 Å². The Kier molecular flexibility index (Phi) is 4.24. The molecule has 0 radical (unpaired) electrons. The minimum atomic E-state index is -0.163. The van der Waals surface area contributed by atoms with E-state index in [9.17, 15) is 4.79 Å². The molecule has 24 heavy (non-hydrogen) atoms. The Balaban J connectivity index is 1.61. The molecule has 6 heteroatoms. The molecule has 2 heterocycles. The molecule has 4 nitrogen and oxygen atoms in total. The molecule has 1 aliphatic carbocycles. The Labute approximate surface area is 148 Å². The van der Waals surface area contributed by atoms with Gasteiger partial charge < -0.3 is 5.32 Å². The van der Waals surface area contributed by atoms with Crippen LogP contribution in [0.5, 0.6) is 0 Å². The second-order valence-corrected chi connectivity index (χ2v) is 8.28. The van der Waals surface area contributed by atoms with Gasteiger partial charge in [-0.05, 0) is 31.4 Å². The lowest BCUT2D eigenvalue weighted by Crippen LogP contribution is -2.32. The fraction of sp³-hybridized carbons (Fsp3) is 0.278. The first-order valence-electron chi connectivity index (χ1n) is 7.98. The van der Waals surface area contributed by atoms with Crippen molar-refractivity contribution in [1.29, 1.82) is 0 Å². The predicted octanol–water partition coefficient (Wildman–Crippen LogP) is 4.12. The maximum absolute atomic E-state index is 12.2. The van der Waals surface area contributed by atoms with E-state index >= 15 is 0 Å². The Bertz CT molecular complexity index is 874. The smallest absolute Gasteiger partial charge is 0.233 e. The molecular formula is C18H17N3OS2. The molecular weight excluding hydrogens is 338 g/mol. The van der Waals surface area contributed by atoms with Gasteiger partial charge in [-0.25, -0.2) is 9.97 Å². The minimum absolute atomic E-state index is 0.0905. The van der Waals surface area contributed by atoms with E-state index < -0.39 is 0 Å². The van der Waals surface area contributed by atoms with Crippen LogP contribution in [-0.2, 0) is 4.79 Å². The Morgan fingerprint density at radius 2 is 2.08 bits per heavy atom. The number of thioether (sulfide) groups is 1. The largest absolute Gasteiger partial charge is 0.352 e. The van der Waals surface area contributed by atoms with Crippen molar-refractivity contribution < 1.29 is 4.79 Å². The van der Waals surface area contributed by atoms with Gasteiger partial charge in [0.05, 0.1) is 5.25 Å². The average molecular weight is 355 g/mol. The molecule has 1 aliphatic rings. The summed E-state index contributed by atoms with van der Waals surface area (Å²) in [7, 11) is 0. The van der Waals surface area contributed by atoms with Gasteiger partial charge >= 0.3 is 0 Å². The molecule has 1 atom stereocenters. The van der Waals surface area contributed by atoms with Gasteiger partial charge in [0.15, 0.2) is 0 Å². The zero-order valence-electron chi connectivity index (χ0n) is 13.2. The number of amides is 1. The van der Waals surface area contributed by atoms with Crippen LogP contribution in [0.15, 0.2) is 47.8 Å². The van der Waals surface area contributed by atoms with Crippen molar-refractivity contribution in [2.45, 2.75) is 36.1 Å². The van der Waals surface area contributed by atoms with E-state index in [1.165, 1.54) is 22.2 Å². The molecule has 0 spiro atoms. The van der Waals surface area contributed by atoms with Crippen LogP contribution in [0.1, 0.15) is 19.8 Å². The lowest BCUT2D eigenvalue weighted by atomic mass is 10.2. The normalized spacial score (nSPS) is 15.4. The third kappa shape index (κ3) is 3.30. The van der Waals surface area contributed by atoms with E-state index in [4.69, 9.17) is 0 Å². The second-order valence-electron chi connectivity index (χ2n) is 5.92. The highest BCUT2D eigenvalue weighted by Gasteiger charge is 2.26. The van der Waals surface area contributed by atoms with Gasteiger partial charge in [0.1, 0.15) is 16.2 Å². The van der Waals surface area contributed by atoms with Crippen molar-refractivity contribution >= 4 is 39.2 Å². The van der Waals surface area contributed by atoms with Gasteiger partial charge in [-0.2, -0.15) is 0 Å². The van der Waals surface area contributed by atoms with E-state index in [1.54, 1.807) is 17.7 Å². The predicted molar refractivity (Wildman–Crippen MR) is 99.3 cm³/mol. The molecule has 1 saturated carbocycles. The molecule has 122 valence electrons. The third-order valence-electron chi connectivity index (χ3n) is 3.93. The lowest BCUT2D eigenvalue weighted by molar-refractivity contribution is -0.120. The summed E-state index contributed by atoms with van der Waals surface area (Å²) < 4.78 is 0. The molecule has 2 aromatic heterocycles. The van der Waals surface area contributed by atoms with Crippen LogP contribution in [0, 0.1) is 0 Å². The summed E-state index contributed by atoms with van der Waals surface area (Å²) in [6.45, 7) is 1.93. The number of aromatic nitrogens is 2. The molecule has 0 unspecified atom stereocenters. The zero-order chi connectivity index (χ0) is 16.5. The highest BCUT2D eigenvalue weighted by Crippen LogP contribution is 2.37. The molecule has 0 saturated heterocycles. The zero-order valence-corrected chi connectivity index (χ0v) is 14.9. The van der Waals surface area contributed by atoms with Crippen molar-refractivity contribution in [3.63, 3.8) is 0 Å².